The van der Waals surface area contributed by atoms with E-state index in [1.807, 2.05) is 13.0 Å². The first kappa shape index (κ1) is 16.0. The second-order valence-corrected chi connectivity index (χ2v) is 5.74. The molecule has 0 amide bonds. The molecule has 1 heterocycles. The van der Waals surface area contributed by atoms with Crippen LogP contribution in [-0.2, 0) is 0 Å². The zero-order chi connectivity index (χ0) is 14.3. The van der Waals surface area contributed by atoms with E-state index in [0.29, 0.717) is 30.9 Å². The Balaban J connectivity index is 2.55. The van der Waals surface area contributed by atoms with E-state index < -0.39 is 0 Å². The standard InChI is InChI=1S/C14H24ClN3O/c1-5-6-19-13-8-11(4)17-14(18-13)16-9-12(15)7-10(2)3/h8,10,12H,5-7,9H2,1-4H3,(H,16,17,18). The Labute approximate surface area is 120 Å². The van der Waals surface area contributed by atoms with Gasteiger partial charge in [0.25, 0.3) is 0 Å². The van der Waals surface area contributed by atoms with Crippen molar-refractivity contribution < 1.29 is 4.74 Å². The fourth-order valence-corrected chi connectivity index (χ4v) is 2.13. The average Bonchev–Trinajstić information content (AvgIpc) is 2.32. The third-order valence-electron chi connectivity index (χ3n) is 2.49. The maximum Gasteiger partial charge on any atom is 0.226 e. The van der Waals surface area contributed by atoms with Gasteiger partial charge in [0.1, 0.15) is 0 Å². The molecule has 0 aliphatic carbocycles. The van der Waals surface area contributed by atoms with Gasteiger partial charge < -0.3 is 10.1 Å². The van der Waals surface area contributed by atoms with Crippen molar-refractivity contribution in [3.8, 4) is 5.88 Å². The Morgan fingerprint density at radius 3 is 2.74 bits per heavy atom. The summed E-state index contributed by atoms with van der Waals surface area (Å²) >= 11 is 6.24. The van der Waals surface area contributed by atoms with Gasteiger partial charge in [-0.05, 0) is 25.7 Å². The van der Waals surface area contributed by atoms with Crippen LogP contribution in [0.4, 0.5) is 5.95 Å². The molecule has 1 N–H and O–H groups in total. The number of halogens is 1. The molecule has 1 aromatic heterocycles. The Hall–Kier alpha value is -1.03. The molecule has 0 aliphatic rings. The molecule has 1 rings (SSSR count). The maximum atomic E-state index is 6.24. The monoisotopic (exact) mass is 285 g/mol. The van der Waals surface area contributed by atoms with Crippen LogP contribution in [0.1, 0.15) is 39.3 Å². The molecule has 0 spiro atoms. The van der Waals surface area contributed by atoms with Crippen molar-refractivity contribution in [3.05, 3.63) is 11.8 Å². The number of ether oxygens (including phenoxy) is 1. The lowest BCUT2D eigenvalue weighted by Crippen LogP contribution is -2.18. The largest absolute Gasteiger partial charge is 0.478 e. The van der Waals surface area contributed by atoms with Crippen molar-refractivity contribution in [2.45, 2.75) is 45.9 Å². The molecular weight excluding hydrogens is 262 g/mol. The molecule has 1 atom stereocenters. The van der Waals surface area contributed by atoms with Crippen molar-refractivity contribution in [2.75, 3.05) is 18.5 Å². The average molecular weight is 286 g/mol. The smallest absolute Gasteiger partial charge is 0.226 e. The van der Waals surface area contributed by atoms with Gasteiger partial charge in [0, 0.05) is 18.3 Å². The summed E-state index contributed by atoms with van der Waals surface area (Å²) in [5.74, 6) is 1.79. The summed E-state index contributed by atoms with van der Waals surface area (Å²) in [6, 6.07) is 1.84. The number of hydrogen-bond donors (Lipinski definition) is 1. The summed E-state index contributed by atoms with van der Waals surface area (Å²) in [4.78, 5) is 8.65. The van der Waals surface area contributed by atoms with E-state index in [2.05, 4.69) is 36.1 Å². The topological polar surface area (TPSA) is 47.0 Å². The van der Waals surface area contributed by atoms with Crippen LogP contribution in [0.3, 0.4) is 0 Å². The second kappa shape index (κ2) is 8.20. The highest BCUT2D eigenvalue weighted by atomic mass is 35.5. The van der Waals surface area contributed by atoms with Crippen LogP contribution >= 0.6 is 11.6 Å². The number of nitrogens with zero attached hydrogens (tertiary/aromatic N) is 2. The minimum absolute atomic E-state index is 0.0872. The summed E-state index contributed by atoms with van der Waals surface area (Å²) in [6.45, 7) is 9.65. The highest BCUT2D eigenvalue weighted by Gasteiger charge is 2.09. The van der Waals surface area contributed by atoms with Crippen molar-refractivity contribution in [3.63, 3.8) is 0 Å². The quantitative estimate of drug-likeness (QED) is 0.741. The van der Waals surface area contributed by atoms with E-state index in [4.69, 9.17) is 16.3 Å². The van der Waals surface area contributed by atoms with E-state index >= 15 is 0 Å². The fraction of sp³-hybridized carbons (Fsp3) is 0.714. The van der Waals surface area contributed by atoms with Gasteiger partial charge in [-0.15, -0.1) is 11.6 Å². The number of alkyl halides is 1. The van der Waals surface area contributed by atoms with Gasteiger partial charge in [0.15, 0.2) is 0 Å². The Bertz CT molecular complexity index is 385. The summed E-state index contributed by atoms with van der Waals surface area (Å²) < 4.78 is 5.52. The van der Waals surface area contributed by atoms with Gasteiger partial charge in [0.2, 0.25) is 11.8 Å². The number of aromatic nitrogens is 2. The van der Waals surface area contributed by atoms with Crippen LogP contribution in [0.15, 0.2) is 6.07 Å². The number of nitrogens with one attached hydrogen (secondary N) is 1. The van der Waals surface area contributed by atoms with E-state index in [9.17, 15) is 0 Å². The van der Waals surface area contributed by atoms with Crippen LogP contribution in [0.25, 0.3) is 0 Å². The van der Waals surface area contributed by atoms with Gasteiger partial charge in [-0.1, -0.05) is 20.8 Å². The van der Waals surface area contributed by atoms with Gasteiger partial charge in [-0.2, -0.15) is 4.98 Å². The molecular formula is C14H24ClN3O. The van der Waals surface area contributed by atoms with E-state index in [0.717, 1.165) is 18.5 Å². The second-order valence-electron chi connectivity index (χ2n) is 5.13. The summed E-state index contributed by atoms with van der Waals surface area (Å²) in [6.07, 6.45) is 1.93. The number of anilines is 1. The van der Waals surface area contributed by atoms with Crippen LogP contribution in [0.2, 0.25) is 0 Å². The molecule has 19 heavy (non-hydrogen) atoms. The zero-order valence-corrected chi connectivity index (χ0v) is 13.0. The number of aryl methyl sites for hydroxylation is 1. The third-order valence-corrected chi connectivity index (χ3v) is 2.83. The van der Waals surface area contributed by atoms with Crippen LogP contribution < -0.4 is 10.1 Å². The van der Waals surface area contributed by atoms with E-state index in [1.165, 1.54) is 0 Å². The van der Waals surface area contributed by atoms with Crippen molar-refractivity contribution >= 4 is 17.5 Å². The highest BCUT2D eigenvalue weighted by Crippen LogP contribution is 2.14. The van der Waals surface area contributed by atoms with Gasteiger partial charge in [0.05, 0.1) is 12.0 Å². The first-order valence-electron chi connectivity index (χ1n) is 6.87. The third kappa shape index (κ3) is 6.62. The van der Waals surface area contributed by atoms with Crippen molar-refractivity contribution in [1.82, 2.24) is 9.97 Å². The first-order chi connectivity index (χ1) is 9.01. The van der Waals surface area contributed by atoms with Crippen molar-refractivity contribution in [1.29, 1.82) is 0 Å². The van der Waals surface area contributed by atoms with E-state index in [1.54, 1.807) is 0 Å². The van der Waals surface area contributed by atoms with Crippen LogP contribution in [-0.4, -0.2) is 28.5 Å². The van der Waals surface area contributed by atoms with E-state index in [-0.39, 0.29) is 5.38 Å². The number of rotatable bonds is 8. The van der Waals surface area contributed by atoms with Crippen LogP contribution in [0.5, 0.6) is 5.88 Å². The lowest BCUT2D eigenvalue weighted by molar-refractivity contribution is 0.305. The fourth-order valence-electron chi connectivity index (χ4n) is 1.70. The molecule has 1 unspecified atom stereocenters. The predicted octanol–water partition coefficient (Wildman–Crippen LogP) is 3.64. The number of hydrogen-bond acceptors (Lipinski definition) is 4. The minimum Gasteiger partial charge on any atom is -0.478 e. The summed E-state index contributed by atoms with van der Waals surface area (Å²) in [5.41, 5.74) is 0.888. The van der Waals surface area contributed by atoms with Gasteiger partial charge >= 0.3 is 0 Å². The maximum absolute atomic E-state index is 6.24. The molecule has 108 valence electrons. The molecule has 4 nitrogen and oxygen atoms in total. The lowest BCUT2D eigenvalue weighted by Gasteiger charge is -2.13. The normalized spacial score (nSPS) is 12.5. The molecule has 0 aliphatic heterocycles. The Kier molecular flexibility index (Phi) is 6.92. The molecule has 0 saturated heterocycles. The van der Waals surface area contributed by atoms with Gasteiger partial charge in [-0.3, -0.25) is 0 Å². The molecule has 0 radical (unpaired) electrons. The van der Waals surface area contributed by atoms with Gasteiger partial charge in [-0.25, -0.2) is 4.98 Å². The summed E-state index contributed by atoms with van der Waals surface area (Å²) in [5, 5.41) is 3.26. The summed E-state index contributed by atoms with van der Waals surface area (Å²) in [7, 11) is 0. The molecule has 0 bridgehead atoms. The first-order valence-corrected chi connectivity index (χ1v) is 7.31. The lowest BCUT2D eigenvalue weighted by atomic mass is 10.1. The Morgan fingerprint density at radius 1 is 1.37 bits per heavy atom. The molecule has 0 saturated carbocycles. The molecule has 0 aromatic carbocycles. The molecule has 5 heteroatoms. The molecule has 0 fully saturated rings. The SMILES string of the molecule is CCCOc1cc(C)nc(NCC(Cl)CC(C)C)n1. The predicted molar refractivity (Wildman–Crippen MR) is 80.1 cm³/mol. The van der Waals surface area contributed by atoms with Crippen molar-refractivity contribution in [2.24, 2.45) is 5.92 Å². The highest BCUT2D eigenvalue weighted by molar-refractivity contribution is 6.20. The zero-order valence-electron chi connectivity index (χ0n) is 12.2. The Morgan fingerprint density at radius 2 is 2.11 bits per heavy atom. The minimum atomic E-state index is 0.0872. The van der Waals surface area contributed by atoms with Crippen LogP contribution in [0, 0.1) is 12.8 Å². The molecule has 1 aromatic rings.